The van der Waals surface area contributed by atoms with Crippen LogP contribution in [0.3, 0.4) is 0 Å². The van der Waals surface area contributed by atoms with Crippen LogP contribution in [0.1, 0.15) is 40.0 Å². The van der Waals surface area contributed by atoms with Crippen LogP contribution >= 0.6 is 0 Å². The highest BCUT2D eigenvalue weighted by Gasteiger charge is 2.75. The summed E-state index contributed by atoms with van der Waals surface area (Å²) in [4.78, 5) is 16.4. The van der Waals surface area contributed by atoms with E-state index in [0.717, 1.165) is 25.2 Å². The molecule has 1 heterocycles. The number of carbonyl (C=O) groups is 1. The molecule has 0 amide bonds. The minimum atomic E-state index is -0.200. The summed E-state index contributed by atoms with van der Waals surface area (Å²) in [5.41, 5.74) is -0.225. The third-order valence-corrected chi connectivity index (χ3v) is 4.16. The van der Waals surface area contributed by atoms with Crippen molar-refractivity contribution in [3.05, 3.63) is 0 Å². The SMILES string of the molecule is CCOC(=O)[C@]12C[C@@](C3=NC(C)(C)CO3)(C1)C2. The topological polar surface area (TPSA) is 47.9 Å². The molecule has 0 radical (unpaired) electrons. The molecule has 3 aliphatic carbocycles. The standard InChI is InChI=1S/C13H19NO3/c1-4-16-10(15)13-5-12(6-13,7-13)9-14-11(2,3)8-17-9/h4-8H2,1-3H3/t12-,13-. The zero-order valence-corrected chi connectivity index (χ0v) is 10.7. The van der Waals surface area contributed by atoms with Crippen LogP contribution in [0.25, 0.3) is 0 Å². The minimum absolute atomic E-state index is 0.0280. The van der Waals surface area contributed by atoms with Gasteiger partial charge in [0, 0.05) is 5.41 Å². The monoisotopic (exact) mass is 237 g/mol. The first-order chi connectivity index (χ1) is 7.91. The van der Waals surface area contributed by atoms with Gasteiger partial charge in [0.25, 0.3) is 0 Å². The molecule has 0 N–H and O–H groups in total. The highest BCUT2D eigenvalue weighted by molar-refractivity contribution is 5.94. The van der Waals surface area contributed by atoms with E-state index in [4.69, 9.17) is 9.47 Å². The number of esters is 1. The van der Waals surface area contributed by atoms with E-state index in [1.165, 1.54) is 0 Å². The smallest absolute Gasteiger partial charge is 0.312 e. The van der Waals surface area contributed by atoms with E-state index in [-0.39, 0.29) is 22.3 Å². The average Bonchev–Trinajstić information content (AvgIpc) is 2.42. The minimum Gasteiger partial charge on any atom is -0.478 e. The Hall–Kier alpha value is -1.06. The highest BCUT2D eigenvalue weighted by Crippen LogP contribution is 2.74. The van der Waals surface area contributed by atoms with E-state index in [9.17, 15) is 4.79 Å². The lowest BCUT2D eigenvalue weighted by atomic mass is 9.35. The first kappa shape index (κ1) is 11.1. The van der Waals surface area contributed by atoms with Crippen molar-refractivity contribution >= 4 is 11.9 Å². The maximum Gasteiger partial charge on any atom is 0.312 e. The number of hydrogen-bond acceptors (Lipinski definition) is 4. The molecule has 0 atom stereocenters. The van der Waals surface area contributed by atoms with Crippen LogP contribution in [0, 0.1) is 10.8 Å². The predicted molar refractivity (Wildman–Crippen MR) is 62.8 cm³/mol. The third kappa shape index (κ3) is 1.36. The van der Waals surface area contributed by atoms with Gasteiger partial charge in [-0.15, -0.1) is 0 Å². The van der Waals surface area contributed by atoms with Gasteiger partial charge in [-0.25, -0.2) is 4.99 Å². The van der Waals surface area contributed by atoms with E-state index in [2.05, 4.69) is 18.8 Å². The van der Waals surface area contributed by atoms with Gasteiger partial charge in [-0.05, 0) is 40.0 Å². The molecule has 0 spiro atoms. The number of ether oxygens (including phenoxy) is 2. The zero-order chi connectivity index (χ0) is 12.3. The molecule has 17 heavy (non-hydrogen) atoms. The van der Waals surface area contributed by atoms with Gasteiger partial charge >= 0.3 is 5.97 Å². The normalized spacial score (nSPS) is 40.8. The predicted octanol–water partition coefficient (Wildman–Crippen LogP) is 1.93. The molecule has 4 aliphatic rings. The van der Waals surface area contributed by atoms with Gasteiger partial charge in [0.15, 0.2) is 5.90 Å². The van der Waals surface area contributed by atoms with Crippen LogP contribution in [0.4, 0.5) is 0 Å². The molecule has 0 aromatic rings. The van der Waals surface area contributed by atoms with Gasteiger partial charge < -0.3 is 9.47 Å². The van der Waals surface area contributed by atoms with E-state index in [0.29, 0.717) is 13.2 Å². The third-order valence-electron chi connectivity index (χ3n) is 4.16. The summed E-state index contributed by atoms with van der Waals surface area (Å²) in [6.07, 6.45) is 2.61. The van der Waals surface area contributed by atoms with Gasteiger partial charge in [0.05, 0.1) is 17.6 Å². The molecule has 0 unspecified atom stereocenters. The van der Waals surface area contributed by atoms with Crippen LogP contribution < -0.4 is 0 Å². The lowest BCUT2D eigenvalue weighted by Crippen LogP contribution is -2.69. The molecule has 0 saturated heterocycles. The van der Waals surface area contributed by atoms with E-state index >= 15 is 0 Å². The molecule has 3 saturated carbocycles. The first-order valence-electron chi connectivity index (χ1n) is 6.32. The van der Waals surface area contributed by atoms with E-state index in [1.807, 2.05) is 6.92 Å². The molecule has 4 heteroatoms. The quantitative estimate of drug-likeness (QED) is 0.705. The summed E-state index contributed by atoms with van der Waals surface area (Å²) in [5.74, 6) is 0.855. The molecular weight excluding hydrogens is 218 g/mol. The number of aliphatic imine (C=N–C) groups is 1. The van der Waals surface area contributed by atoms with Gasteiger partial charge in [-0.2, -0.15) is 0 Å². The first-order valence-corrected chi connectivity index (χ1v) is 6.32. The Morgan fingerprint density at radius 2 is 2.06 bits per heavy atom. The summed E-state index contributed by atoms with van der Waals surface area (Å²) in [6, 6.07) is 0. The molecule has 2 bridgehead atoms. The van der Waals surface area contributed by atoms with Gasteiger partial charge in [0.1, 0.15) is 6.61 Å². The average molecular weight is 237 g/mol. The Labute approximate surface area is 101 Å². The zero-order valence-electron chi connectivity index (χ0n) is 10.7. The van der Waals surface area contributed by atoms with Crippen LogP contribution in [0.15, 0.2) is 4.99 Å². The van der Waals surface area contributed by atoms with Crippen molar-refractivity contribution in [2.75, 3.05) is 13.2 Å². The fourth-order valence-corrected chi connectivity index (χ4v) is 3.37. The van der Waals surface area contributed by atoms with Crippen molar-refractivity contribution in [2.45, 2.75) is 45.6 Å². The Morgan fingerprint density at radius 1 is 1.41 bits per heavy atom. The Morgan fingerprint density at radius 3 is 2.53 bits per heavy atom. The molecule has 4 rings (SSSR count). The van der Waals surface area contributed by atoms with Crippen molar-refractivity contribution in [3.8, 4) is 0 Å². The Balaban J connectivity index is 1.67. The van der Waals surface area contributed by atoms with Gasteiger partial charge in [-0.3, -0.25) is 4.79 Å². The van der Waals surface area contributed by atoms with Crippen LogP contribution in [-0.2, 0) is 14.3 Å². The summed E-state index contributed by atoms with van der Waals surface area (Å²) in [7, 11) is 0. The summed E-state index contributed by atoms with van der Waals surface area (Å²) < 4.78 is 10.8. The Bertz CT molecular complexity index is 391. The maximum absolute atomic E-state index is 11.8. The van der Waals surface area contributed by atoms with Crippen molar-refractivity contribution in [1.82, 2.24) is 0 Å². The molecule has 3 fully saturated rings. The molecular formula is C13H19NO3. The van der Waals surface area contributed by atoms with Crippen LogP contribution in [-0.4, -0.2) is 30.6 Å². The van der Waals surface area contributed by atoms with Gasteiger partial charge in [-0.1, -0.05) is 0 Å². The van der Waals surface area contributed by atoms with E-state index in [1.54, 1.807) is 0 Å². The summed E-state index contributed by atoms with van der Waals surface area (Å²) in [6.45, 7) is 7.14. The lowest BCUT2D eigenvalue weighted by Gasteiger charge is -2.67. The van der Waals surface area contributed by atoms with Crippen molar-refractivity contribution in [2.24, 2.45) is 15.8 Å². The number of rotatable bonds is 3. The highest BCUT2D eigenvalue weighted by atomic mass is 16.5. The number of hydrogen-bond donors (Lipinski definition) is 0. The van der Waals surface area contributed by atoms with Crippen LogP contribution in [0.5, 0.6) is 0 Å². The van der Waals surface area contributed by atoms with Gasteiger partial charge in [0.2, 0.25) is 0 Å². The van der Waals surface area contributed by atoms with E-state index < -0.39 is 0 Å². The Kier molecular flexibility index (Phi) is 1.97. The number of carbonyl (C=O) groups excluding carboxylic acids is 1. The second kappa shape index (κ2) is 3.03. The summed E-state index contributed by atoms with van der Waals surface area (Å²) >= 11 is 0. The van der Waals surface area contributed by atoms with Crippen molar-refractivity contribution < 1.29 is 14.3 Å². The fourth-order valence-electron chi connectivity index (χ4n) is 3.37. The van der Waals surface area contributed by atoms with Crippen LogP contribution in [0.2, 0.25) is 0 Å². The molecule has 4 nitrogen and oxygen atoms in total. The van der Waals surface area contributed by atoms with Crippen molar-refractivity contribution in [1.29, 1.82) is 0 Å². The molecule has 0 aromatic carbocycles. The fraction of sp³-hybridized carbons (Fsp3) is 0.846. The van der Waals surface area contributed by atoms with Crippen molar-refractivity contribution in [3.63, 3.8) is 0 Å². The summed E-state index contributed by atoms with van der Waals surface area (Å²) in [5, 5.41) is 0. The second-order valence-corrected chi connectivity index (χ2v) is 6.33. The molecule has 94 valence electrons. The number of nitrogens with zero attached hydrogens (tertiary/aromatic N) is 1. The second-order valence-electron chi connectivity index (χ2n) is 6.33. The molecule has 0 aromatic heterocycles. The molecule has 1 aliphatic heterocycles. The largest absolute Gasteiger partial charge is 0.478 e. The maximum atomic E-state index is 11.8. The lowest BCUT2D eigenvalue weighted by molar-refractivity contribution is -0.208.